The van der Waals surface area contributed by atoms with Crippen LogP contribution in [-0.2, 0) is 22.4 Å². The molecule has 2 amide bonds. The first-order valence-electron chi connectivity index (χ1n) is 20.2. The summed E-state index contributed by atoms with van der Waals surface area (Å²) in [6.07, 6.45) is 10.3. The normalized spacial score (nSPS) is 20.6. The summed E-state index contributed by atoms with van der Waals surface area (Å²) in [7, 11) is 1.26. The number of aromatic amines is 1. The molecule has 288 valence electrons. The summed E-state index contributed by atoms with van der Waals surface area (Å²) in [5, 5.41) is 10.2. The van der Waals surface area contributed by atoms with Crippen LogP contribution >= 0.6 is 0 Å². The highest BCUT2D eigenvalue weighted by molar-refractivity contribution is 6.03. The van der Waals surface area contributed by atoms with Crippen LogP contribution in [0.25, 0.3) is 33.2 Å². The molecule has 11 heteroatoms. The van der Waals surface area contributed by atoms with Crippen molar-refractivity contribution in [3.8, 4) is 22.3 Å². The van der Waals surface area contributed by atoms with Crippen molar-refractivity contribution in [1.82, 2.24) is 30.8 Å². The van der Waals surface area contributed by atoms with Gasteiger partial charge in [-0.25, -0.2) is 9.78 Å². The van der Waals surface area contributed by atoms with Gasteiger partial charge in [0.1, 0.15) is 18.5 Å². The van der Waals surface area contributed by atoms with Crippen molar-refractivity contribution in [2.75, 3.05) is 33.3 Å². The Hall–Kier alpha value is -4.87. The minimum atomic E-state index is -0.660. The first kappa shape index (κ1) is 37.1. The lowest BCUT2D eigenvalue weighted by Gasteiger charge is -2.24. The van der Waals surface area contributed by atoms with Crippen molar-refractivity contribution in [2.24, 2.45) is 10.4 Å². The summed E-state index contributed by atoms with van der Waals surface area (Å²) in [6, 6.07) is 19.5. The quantitative estimate of drug-likeness (QED) is 0.139. The number of aromatic nitrogens is 2. The predicted molar refractivity (Wildman–Crippen MR) is 216 cm³/mol. The fraction of sp³-hybridized carbons (Fsp3) is 0.477. The van der Waals surface area contributed by atoms with Crippen molar-refractivity contribution in [3.63, 3.8) is 0 Å². The van der Waals surface area contributed by atoms with Gasteiger partial charge in [-0.1, -0.05) is 75.6 Å². The van der Waals surface area contributed by atoms with Gasteiger partial charge in [0.05, 0.1) is 29.8 Å². The fourth-order valence-corrected chi connectivity index (χ4v) is 9.74. The molecule has 4 aliphatic rings. The first-order chi connectivity index (χ1) is 26.8. The minimum absolute atomic E-state index is 0.105. The second-order valence-electron chi connectivity index (χ2n) is 15.9. The number of hydrogen-bond acceptors (Lipinski definition) is 8. The molecule has 2 aliphatic carbocycles. The number of ether oxygens (including phenoxy) is 1. The van der Waals surface area contributed by atoms with Gasteiger partial charge in [-0.3, -0.25) is 19.9 Å². The van der Waals surface area contributed by atoms with Gasteiger partial charge in [-0.05, 0) is 108 Å². The Morgan fingerprint density at radius 2 is 1.67 bits per heavy atom. The molecule has 1 saturated carbocycles. The number of nitrogens with one attached hydrogen (secondary N) is 4. The van der Waals surface area contributed by atoms with Crippen LogP contribution in [0.1, 0.15) is 93.8 Å². The highest BCUT2D eigenvalue weighted by Gasteiger charge is 2.42. The summed E-state index contributed by atoms with van der Waals surface area (Å²) in [4.78, 5) is 52.9. The summed E-state index contributed by atoms with van der Waals surface area (Å²) in [6.45, 7) is 6.46. The number of H-pyrrole nitrogens is 1. The molecule has 3 heterocycles. The van der Waals surface area contributed by atoms with Crippen molar-refractivity contribution >= 4 is 28.6 Å². The Labute approximate surface area is 322 Å². The van der Waals surface area contributed by atoms with Crippen molar-refractivity contribution in [3.05, 3.63) is 87.5 Å². The maximum atomic E-state index is 13.7. The Kier molecular flexibility index (Phi) is 10.6. The van der Waals surface area contributed by atoms with Crippen LogP contribution in [0.5, 0.6) is 0 Å². The number of likely N-dealkylation sites (tertiary alicyclic amines) is 1. The van der Waals surface area contributed by atoms with E-state index in [0.29, 0.717) is 41.1 Å². The SMILES string of the molecule is CCCC(NCC)C1N=C(c2ccc(-c3ccc(-c4ccc5nc(C6CCCN6C(=O)CNC(=O)OC)[nH]c(=O)c5c4)c4c3CC3(CCCC3)C4)cc2)CN1. The number of rotatable bonds is 11. The van der Waals surface area contributed by atoms with E-state index in [1.165, 1.54) is 66.2 Å². The van der Waals surface area contributed by atoms with Crippen molar-refractivity contribution in [2.45, 2.75) is 96.3 Å². The molecular weight excluding hydrogens is 691 g/mol. The van der Waals surface area contributed by atoms with Gasteiger partial charge in [0.25, 0.3) is 5.56 Å². The average Bonchev–Trinajstić information content (AvgIpc) is 4.04. The number of nitrogens with zero attached hydrogens (tertiary/aromatic N) is 3. The second-order valence-corrected chi connectivity index (χ2v) is 15.9. The lowest BCUT2D eigenvalue weighted by atomic mass is 9.82. The van der Waals surface area contributed by atoms with Crippen LogP contribution < -0.4 is 21.5 Å². The molecule has 2 fully saturated rings. The molecule has 3 unspecified atom stereocenters. The molecule has 3 atom stereocenters. The van der Waals surface area contributed by atoms with E-state index in [1.807, 2.05) is 12.1 Å². The Balaban J connectivity index is 1.08. The smallest absolute Gasteiger partial charge is 0.407 e. The van der Waals surface area contributed by atoms with Crippen LogP contribution in [0, 0.1) is 5.41 Å². The van der Waals surface area contributed by atoms with E-state index >= 15 is 0 Å². The van der Waals surface area contributed by atoms with E-state index in [4.69, 9.17) is 9.98 Å². The number of methoxy groups -OCH3 is 1. The van der Waals surface area contributed by atoms with Gasteiger partial charge in [-0.15, -0.1) is 0 Å². The monoisotopic (exact) mass is 743 g/mol. The number of alkyl carbamates (subject to hydrolysis) is 1. The molecular formula is C44H53N7O4. The van der Waals surface area contributed by atoms with Crippen LogP contribution in [0.4, 0.5) is 4.79 Å². The lowest BCUT2D eigenvalue weighted by molar-refractivity contribution is -0.131. The highest BCUT2D eigenvalue weighted by atomic mass is 16.5. The molecule has 11 nitrogen and oxygen atoms in total. The van der Waals surface area contributed by atoms with E-state index in [1.54, 1.807) is 4.90 Å². The number of benzene rings is 3. The topological polar surface area (TPSA) is 141 Å². The Morgan fingerprint density at radius 1 is 0.964 bits per heavy atom. The molecule has 0 bridgehead atoms. The standard InChI is InChI=1S/C44H53N7O4/c1-4-9-36(45-5-2)40-46-25-37(49-40)28-13-11-27(12-14-28)30-16-17-31(34-24-44(23-33(30)34)19-6-7-20-44)29-15-18-35-32(22-29)42(53)50-41(48-35)38-10-8-21-51(38)39(52)26-47-43(54)55-3/h11-18,22,36,38,40,45-46H,4-10,19-21,23-26H2,1-3H3,(H,47,54)(H,48,50,53). The number of hydrogen-bond donors (Lipinski definition) is 4. The van der Waals surface area contributed by atoms with E-state index in [2.05, 4.69) is 82.0 Å². The molecule has 1 aromatic heterocycles. The van der Waals surface area contributed by atoms with Gasteiger partial charge >= 0.3 is 6.09 Å². The molecule has 55 heavy (non-hydrogen) atoms. The van der Waals surface area contributed by atoms with Crippen molar-refractivity contribution < 1.29 is 14.3 Å². The van der Waals surface area contributed by atoms with E-state index < -0.39 is 6.09 Å². The molecule has 4 N–H and O–H groups in total. The van der Waals surface area contributed by atoms with Gasteiger partial charge in [0.2, 0.25) is 5.91 Å². The van der Waals surface area contributed by atoms with E-state index in [-0.39, 0.29) is 30.2 Å². The largest absolute Gasteiger partial charge is 0.453 e. The molecule has 4 aromatic rings. The number of aliphatic imine (C=N–C) groups is 1. The fourth-order valence-electron chi connectivity index (χ4n) is 9.74. The summed E-state index contributed by atoms with van der Waals surface area (Å²) in [5.41, 5.74) is 10.6. The van der Waals surface area contributed by atoms with Crippen LogP contribution in [0.3, 0.4) is 0 Å². The summed E-state index contributed by atoms with van der Waals surface area (Å²) in [5.74, 6) is 0.230. The molecule has 1 saturated heterocycles. The van der Waals surface area contributed by atoms with Crippen LogP contribution in [-0.4, -0.2) is 78.1 Å². The van der Waals surface area contributed by atoms with Gasteiger partial charge in [0.15, 0.2) is 0 Å². The Morgan fingerprint density at radius 3 is 2.38 bits per heavy atom. The van der Waals surface area contributed by atoms with Crippen LogP contribution in [0.2, 0.25) is 0 Å². The third-order valence-corrected chi connectivity index (χ3v) is 12.4. The third kappa shape index (κ3) is 7.32. The first-order valence-corrected chi connectivity index (χ1v) is 20.2. The maximum Gasteiger partial charge on any atom is 0.407 e. The number of carbonyl (C=O) groups is 2. The second kappa shape index (κ2) is 15.7. The molecule has 0 radical (unpaired) electrons. The zero-order valence-electron chi connectivity index (χ0n) is 32.3. The highest BCUT2D eigenvalue weighted by Crippen LogP contribution is 2.53. The maximum absolute atomic E-state index is 13.7. The molecule has 1 spiro atoms. The number of carbonyl (C=O) groups excluding carboxylic acids is 2. The molecule has 3 aromatic carbocycles. The number of fused-ring (bicyclic) bond motifs is 2. The van der Waals surface area contributed by atoms with Crippen LogP contribution in [0.15, 0.2) is 64.4 Å². The van der Waals surface area contributed by atoms with E-state index in [0.717, 1.165) is 56.5 Å². The van der Waals surface area contributed by atoms with E-state index in [9.17, 15) is 14.4 Å². The lowest BCUT2D eigenvalue weighted by Crippen LogP contribution is -2.44. The summed E-state index contributed by atoms with van der Waals surface area (Å²) >= 11 is 0. The zero-order valence-corrected chi connectivity index (χ0v) is 32.3. The minimum Gasteiger partial charge on any atom is -0.453 e. The zero-order chi connectivity index (χ0) is 38.1. The average molecular weight is 744 g/mol. The Bertz CT molecular complexity index is 2170. The third-order valence-electron chi connectivity index (χ3n) is 12.4. The van der Waals surface area contributed by atoms with Crippen molar-refractivity contribution in [1.29, 1.82) is 0 Å². The van der Waals surface area contributed by atoms with Gasteiger partial charge in [0, 0.05) is 19.1 Å². The van der Waals surface area contributed by atoms with Gasteiger partial charge < -0.3 is 25.3 Å². The molecule has 8 rings (SSSR count). The number of amides is 2. The van der Waals surface area contributed by atoms with Gasteiger partial charge in [-0.2, -0.15) is 0 Å². The summed E-state index contributed by atoms with van der Waals surface area (Å²) < 4.78 is 4.61. The number of likely N-dealkylation sites (N-methyl/N-ethyl adjacent to an activating group) is 1. The predicted octanol–water partition coefficient (Wildman–Crippen LogP) is 6.43. The molecule has 2 aliphatic heterocycles.